The molecule has 8 heteroatoms. The van der Waals surface area contributed by atoms with Crippen molar-refractivity contribution in [3.8, 4) is 0 Å². The quantitative estimate of drug-likeness (QED) is 0.814. The highest BCUT2D eigenvalue weighted by Gasteiger charge is 2.32. The lowest BCUT2D eigenvalue weighted by molar-refractivity contribution is -0.134. The monoisotopic (exact) mass is 396 g/mol. The number of amides is 1. The van der Waals surface area contributed by atoms with Crippen LogP contribution in [0, 0.1) is 13.8 Å². The van der Waals surface area contributed by atoms with Crippen LogP contribution in [-0.4, -0.2) is 31.8 Å². The van der Waals surface area contributed by atoms with Crippen molar-refractivity contribution in [1.29, 1.82) is 0 Å². The number of hydrogen-bond donors (Lipinski definition) is 1. The van der Waals surface area contributed by atoms with Crippen molar-refractivity contribution in [2.24, 2.45) is 0 Å². The summed E-state index contributed by atoms with van der Waals surface area (Å²) in [4.78, 5) is 16.2. The number of hydrogen-bond acceptors (Lipinski definition) is 5. The summed E-state index contributed by atoms with van der Waals surface area (Å²) in [5.41, 5.74) is 1.16. The lowest BCUT2D eigenvalue weighted by Gasteiger charge is -2.30. The largest absolute Gasteiger partial charge is 0.465 e. The Labute approximate surface area is 158 Å². The number of thiophene rings is 1. The number of nitrogens with zero attached hydrogens (tertiary/aromatic N) is 1. The molecule has 142 valence electrons. The van der Waals surface area contributed by atoms with E-state index in [2.05, 4.69) is 4.72 Å². The summed E-state index contributed by atoms with van der Waals surface area (Å²) in [6.45, 7) is 6.42. The molecule has 0 radical (unpaired) electrons. The van der Waals surface area contributed by atoms with Crippen LogP contribution in [0.3, 0.4) is 0 Å². The Morgan fingerprint density at radius 2 is 2.19 bits per heavy atom. The average molecular weight is 397 g/mol. The van der Waals surface area contributed by atoms with Crippen molar-refractivity contribution < 1.29 is 17.6 Å². The summed E-state index contributed by atoms with van der Waals surface area (Å²) < 4.78 is 33.5. The van der Waals surface area contributed by atoms with Crippen LogP contribution in [0.15, 0.2) is 26.8 Å². The van der Waals surface area contributed by atoms with E-state index in [9.17, 15) is 13.2 Å². The van der Waals surface area contributed by atoms with Gasteiger partial charge in [-0.2, -0.15) is 4.72 Å². The highest BCUT2D eigenvalue weighted by molar-refractivity contribution is 7.89. The molecule has 0 spiro atoms. The highest BCUT2D eigenvalue weighted by Crippen LogP contribution is 2.25. The topological polar surface area (TPSA) is 79.6 Å². The molecule has 3 rings (SSSR count). The summed E-state index contributed by atoms with van der Waals surface area (Å²) in [5.74, 6) is 0.700. The molecule has 2 aromatic rings. The van der Waals surface area contributed by atoms with Crippen molar-refractivity contribution in [2.45, 2.75) is 57.5 Å². The molecule has 1 aliphatic heterocycles. The Morgan fingerprint density at radius 1 is 1.42 bits per heavy atom. The summed E-state index contributed by atoms with van der Waals surface area (Å²) in [6, 6.07) is 2.76. The van der Waals surface area contributed by atoms with Gasteiger partial charge in [0.05, 0.1) is 0 Å². The molecule has 0 aromatic carbocycles. The second kappa shape index (κ2) is 7.54. The molecular weight excluding hydrogens is 372 g/mol. The molecule has 1 aliphatic rings. The van der Waals surface area contributed by atoms with E-state index in [0.29, 0.717) is 37.5 Å². The number of rotatable bonds is 6. The number of fused-ring (bicyclic) bond motifs is 1. The molecule has 1 atom stereocenters. The van der Waals surface area contributed by atoms with Crippen molar-refractivity contribution in [2.75, 3.05) is 6.54 Å². The molecule has 1 amide bonds. The van der Waals surface area contributed by atoms with E-state index >= 15 is 0 Å². The van der Waals surface area contributed by atoms with Crippen LogP contribution < -0.4 is 4.72 Å². The van der Waals surface area contributed by atoms with Crippen molar-refractivity contribution in [3.05, 3.63) is 39.5 Å². The van der Waals surface area contributed by atoms with Gasteiger partial charge in [0, 0.05) is 18.0 Å². The summed E-state index contributed by atoms with van der Waals surface area (Å²) >= 11 is 1.71. The van der Waals surface area contributed by atoms with Gasteiger partial charge < -0.3 is 9.32 Å². The van der Waals surface area contributed by atoms with Gasteiger partial charge in [-0.1, -0.05) is 13.3 Å². The van der Waals surface area contributed by atoms with Crippen molar-refractivity contribution in [3.63, 3.8) is 0 Å². The lowest BCUT2D eigenvalue weighted by Crippen LogP contribution is -2.49. The number of carbonyl (C=O) groups is 1. The Kier molecular flexibility index (Phi) is 5.55. The molecule has 0 saturated heterocycles. The number of furan rings is 1. The number of sulfonamides is 1. The molecule has 0 saturated carbocycles. The van der Waals surface area contributed by atoms with Crippen molar-refractivity contribution >= 4 is 27.3 Å². The van der Waals surface area contributed by atoms with E-state index in [-0.39, 0.29) is 10.8 Å². The smallest absolute Gasteiger partial charge is 0.244 e. The average Bonchev–Trinajstić information content (AvgIpc) is 3.19. The van der Waals surface area contributed by atoms with Gasteiger partial charge in [0.2, 0.25) is 15.9 Å². The molecular formula is C18H24N2O4S2. The molecule has 0 fully saturated rings. The van der Waals surface area contributed by atoms with Gasteiger partial charge in [0.1, 0.15) is 22.5 Å². The maximum absolute atomic E-state index is 13.0. The number of carbonyl (C=O) groups excluding carboxylic acids is 1. The summed E-state index contributed by atoms with van der Waals surface area (Å²) in [5, 5.41) is 2.04. The fourth-order valence-electron chi connectivity index (χ4n) is 3.30. The third-order valence-corrected chi connectivity index (χ3v) is 7.18. The maximum Gasteiger partial charge on any atom is 0.244 e. The fraction of sp³-hybridized carbons (Fsp3) is 0.500. The predicted octanol–water partition coefficient (Wildman–Crippen LogP) is 2.99. The molecule has 1 N–H and O–H groups in total. The van der Waals surface area contributed by atoms with E-state index in [0.717, 1.165) is 12.0 Å². The maximum atomic E-state index is 13.0. The van der Waals surface area contributed by atoms with Crippen molar-refractivity contribution in [1.82, 2.24) is 9.62 Å². The minimum Gasteiger partial charge on any atom is -0.465 e. The van der Waals surface area contributed by atoms with E-state index < -0.39 is 16.1 Å². The first kappa shape index (κ1) is 19.1. The van der Waals surface area contributed by atoms with Crippen LogP contribution in [0.2, 0.25) is 0 Å². The number of nitrogens with one attached hydrogen (secondary N) is 1. The van der Waals surface area contributed by atoms with Crippen LogP contribution in [0.4, 0.5) is 0 Å². The van der Waals surface area contributed by atoms with Crippen LogP contribution in [-0.2, 0) is 27.8 Å². The van der Waals surface area contributed by atoms with Gasteiger partial charge in [0.25, 0.3) is 0 Å². The standard InChI is InChI=1S/C18H24N2O4S2/c1-4-5-15(19-26(22,23)17-10-12(2)24-13(17)3)18(21)20-8-6-16-14(11-20)7-9-25-16/h7,9-10,15,19H,4-6,8,11H2,1-3H3. The van der Waals surface area contributed by atoms with Gasteiger partial charge in [-0.3, -0.25) is 4.79 Å². The third-order valence-electron chi connectivity index (χ3n) is 4.58. The minimum absolute atomic E-state index is 0.0997. The van der Waals surface area contributed by atoms with E-state index in [1.165, 1.54) is 10.9 Å². The summed E-state index contributed by atoms with van der Waals surface area (Å²) in [7, 11) is -3.81. The van der Waals surface area contributed by atoms with Crippen LogP contribution in [0.1, 0.15) is 41.7 Å². The minimum atomic E-state index is -3.81. The molecule has 2 aromatic heterocycles. The summed E-state index contributed by atoms with van der Waals surface area (Å²) in [6.07, 6.45) is 1.99. The van der Waals surface area contributed by atoms with Crippen LogP contribution >= 0.6 is 11.3 Å². The van der Waals surface area contributed by atoms with Gasteiger partial charge in [-0.05, 0) is 49.8 Å². The molecule has 1 unspecified atom stereocenters. The third kappa shape index (κ3) is 3.87. The second-order valence-electron chi connectivity index (χ2n) is 6.62. The van der Waals surface area contributed by atoms with Gasteiger partial charge in [0.15, 0.2) is 0 Å². The Bertz CT molecular complexity index is 898. The zero-order valence-electron chi connectivity index (χ0n) is 15.2. The van der Waals surface area contributed by atoms with E-state index in [1.54, 1.807) is 30.1 Å². The normalized spacial score (nSPS) is 15.7. The fourth-order valence-corrected chi connectivity index (χ4v) is 5.65. The SMILES string of the molecule is CCCC(NS(=O)(=O)c1cc(C)oc1C)C(=O)N1CCc2sccc2C1. The van der Waals surface area contributed by atoms with Crippen LogP contribution in [0.25, 0.3) is 0 Å². The van der Waals surface area contributed by atoms with E-state index in [1.807, 2.05) is 18.4 Å². The van der Waals surface area contributed by atoms with E-state index in [4.69, 9.17) is 4.42 Å². The Hall–Kier alpha value is -1.64. The Balaban J connectivity index is 1.78. The number of aryl methyl sites for hydroxylation is 2. The molecule has 6 nitrogen and oxygen atoms in total. The Morgan fingerprint density at radius 3 is 2.85 bits per heavy atom. The molecule has 26 heavy (non-hydrogen) atoms. The second-order valence-corrected chi connectivity index (χ2v) is 9.30. The zero-order valence-corrected chi connectivity index (χ0v) is 16.9. The zero-order chi connectivity index (χ0) is 18.9. The first-order chi connectivity index (χ1) is 12.3. The van der Waals surface area contributed by atoms with Gasteiger partial charge in [-0.15, -0.1) is 11.3 Å². The van der Waals surface area contributed by atoms with Crippen LogP contribution in [0.5, 0.6) is 0 Å². The van der Waals surface area contributed by atoms with Gasteiger partial charge in [-0.25, -0.2) is 8.42 Å². The predicted molar refractivity (Wildman–Crippen MR) is 101 cm³/mol. The first-order valence-corrected chi connectivity index (χ1v) is 11.1. The lowest BCUT2D eigenvalue weighted by atomic mass is 10.1. The molecule has 3 heterocycles. The molecule has 0 bridgehead atoms. The van der Waals surface area contributed by atoms with Gasteiger partial charge >= 0.3 is 0 Å². The highest BCUT2D eigenvalue weighted by atomic mass is 32.2. The molecule has 0 aliphatic carbocycles. The first-order valence-electron chi connectivity index (χ1n) is 8.75.